The van der Waals surface area contributed by atoms with Crippen molar-refractivity contribution < 1.29 is 14.5 Å². The Morgan fingerprint density at radius 1 is 0.880 bits per heavy atom. The van der Waals surface area contributed by atoms with Crippen molar-refractivity contribution in [3.63, 3.8) is 0 Å². The Morgan fingerprint density at radius 2 is 1.56 bits per heavy atom. The first kappa shape index (κ1) is 15.0. The number of nitro benzene ring substituents is 1. The number of carbonyl (C=O) groups excluding carboxylic acids is 2. The molecule has 0 N–H and O–H groups in total. The monoisotopic (exact) mass is 332 g/mol. The van der Waals surface area contributed by atoms with Crippen LogP contribution in [-0.4, -0.2) is 16.7 Å². The molecular formula is C19H12N2O4. The number of para-hydroxylation sites is 1. The van der Waals surface area contributed by atoms with Gasteiger partial charge in [-0.2, -0.15) is 0 Å². The molecule has 3 aromatic carbocycles. The predicted octanol–water partition coefficient (Wildman–Crippen LogP) is 3.86. The largest absolute Gasteiger partial charge is 0.277 e. The lowest BCUT2D eigenvalue weighted by Gasteiger charge is -2.28. The average Bonchev–Trinajstić information content (AvgIpc) is 2.60. The van der Waals surface area contributed by atoms with Crippen molar-refractivity contribution in [2.45, 2.75) is 6.92 Å². The number of amides is 2. The number of non-ortho nitro benzene ring substituents is 1. The van der Waals surface area contributed by atoms with Gasteiger partial charge in [-0.05, 0) is 36.8 Å². The molecule has 3 aromatic rings. The smallest absolute Gasteiger partial charge is 0.268 e. The van der Waals surface area contributed by atoms with Crippen molar-refractivity contribution >= 4 is 34.0 Å². The van der Waals surface area contributed by atoms with E-state index in [-0.39, 0.29) is 5.69 Å². The van der Waals surface area contributed by atoms with Gasteiger partial charge in [0.05, 0.1) is 16.0 Å². The van der Waals surface area contributed by atoms with Crippen molar-refractivity contribution in [2.75, 3.05) is 4.90 Å². The highest BCUT2D eigenvalue weighted by Gasteiger charge is 2.36. The molecule has 6 heteroatoms. The van der Waals surface area contributed by atoms with E-state index < -0.39 is 16.7 Å². The van der Waals surface area contributed by atoms with E-state index in [0.29, 0.717) is 27.6 Å². The third kappa shape index (κ3) is 2.04. The van der Waals surface area contributed by atoms with Gasteiger partial charge in [0.2, 0.25) is 0 Å². The highest BCUT2D eigenvalue weighted by Crippen LogP contribution is 2.37. The molecule has 4 rings (SSSR count). The lowest BCUT2D eigenvalue weighted by Crippen LogP contribution is -2.40. The topological polar surface area (TPSA) is 80.5 Å². The fraction of sp³-hybridized carbons (Fsp3) is 0.0526. The van der Waals surface area contributed by atoms with Gasteiger partial charge in [-0.25, -0.2) is 4.90 Å². The van der Waals surface area contributed by atoms with Crippen LogP contribution >= 0.6 is 0 Å². The zero-order chi connectivity index (χ0) is 17.7. The number of aryl methyl sites for hydroxylation is 1. The summed E-state index contributed by atoms with van der Waals surface area (Å²) in [5, 5.41) is 11.9. The van der Waals surface area contributed by atoms with Gasteiger partial charge in [0, 0.05) is 22.6 Å². The molecular weight excluding hydrogens is 320 g/mol. The molecule has 0 aliphatic carbocycles. The lowest BCUT2D eigenvalue weighted by molar-refractivity contribution is -0.383. The number of rotatable bonds is 2. The Hall–Kier alpha value is -3.54. The summed E-state index contributed by atoms with van der Waals surface area (Å²) in [7, 11) is 0. The van der Waals surface area contributed by atoms with Crippen molar-refractivity contribution in [3.05, 3.63) is 81.4 Å². The Bertz CT molecular complexity index is 1070. The molecule has 1 aliphatic rings. The van der Waals surface area contributed by atoms with Gasteiger partial charge in [0.25, 0.3) is 17.5 Å². The molecule has 2 amide bonds. The van der Waals surface area contributed by atoms with Crippen LogP contribution in [0.1, 0.15) is 26.3 Å². The predicted molar refractivity (Wildman–Crippen MR) is 92.9 cm³/mol. The van der Waals surface area contributed by atoms with E-state index in [1.165, 1.54) is 12.1 Å². The average molecular weight is 332 g/mol. The third-order valence-corrected chi connectivity index (χ3v) is 4.44. The number of carbonyl (C=O) groups is 2. The highest BCUT2D eigenvalue weighted by molar-refractivity contribution is 6.36. The molecule has 0 fully saturated rings. The van der Waals surface area contributed by atoms with Crippen LogP contribution in [0.3, 0.4) is 0 Å². The summed E-state index contributed by atoms with van der Waals surface area (Å²) in [6.45, 7) is 1.82. The minimum Gasteiger partial charge on any atom is -0.268 e. The van der Waals surface area contributed by atoms with E-state index in [2.05, 4.69) is 0 Å². The molecule has 0 unspecified atom stereocenters. The molecule has 0 spiro atoms. The molecule has 25 heavy (non-hydrogen) atoms. The maximum absolute atomic E-state index is 13.0. The summed E-state index contributed by atoms with van der Waals surface area (Å²) in [6.07, 6.45) is 0. The van der Waals surface area contributed by atoms with Gasteiger partial charge < -0.3 is 0 Å². The molecule has 122 valence electrons. The summed E-state index contributed by atoms with van der Waals surface area (Å²) in [6, 6.07) is 14.6. The van der Waals surface area contributed by atoms with Crippen LogP contribution in [0.25, 0.3) is 10.8 Å². The fourth-order valence-electron chi connectivity index (χ4n) is 3.27. The molecule has 0 aromatic heterocycles. The first-order valence-electron chi connectivity index (χ1n) is 7.65. The number of hydrogen-bond donors (Lipinski definition) is 0. The maximum atomic E-state index is 13.0. The summed E-state index contributed by atoms with van der Waals surface area (Å²) in [4.78, 5) is 37.9. The Labute approximate surface area is 142 Å². The van der Waals surface area contributed by atoms with Gasteiger partial charge in [0.15, 0.2) is 0 Å². The first-order valence-corrected chi connectivity index (χ1v) is 7.65. The van der Waals surface area contributed by atoms with Crippen molar-refractivity contribution in [3.8, 4) is 0 Å². The zero-order valence-corrected chi connectivity index (χ0v) is 13.2. The summed E-state index contributed by atoms with van der Waals surface area (Å²) in [5.74, 6) is -0.948. The van der Waals surface area contributed by atoms with Crippen molar-refractivity contribution in [1.29, 1.82) is 0 Å². The van der Waals surface area contributed by atoms with Gasteiger partial charge in [-0.15, -0.1) is 0 Å². The minimum absolute atomic E-state index is 0.120. The summed E-state index contributed by atoms with van der Waals surface area (Å²) >= 11 is 0. The van der Waals surface area contributed by atoms with Crippen molar-refractivity contribution in [2.24, 2.45) is 0 Å². The second kappa shape index (κ2) is 5.24. The van der Waals surface area contributed by atoms with Crippen LogP contribution in [-0.2, 0) is 0 Å². The van der Waals surface area contributed by atoms with E-state index in [1.807, 2.05) is 19.1 Å². The Morgan fingerprint density at radius 3 is 2.24 bits per heavy atom. The van der Waals surface area contributed by atoms with Crippen LogP contribution < -0.4 is 4.90 Å². The van der Waals surface area contributed by atoms with E-state index in [4.69, 9.17) is 0 Å². The Kier molecular flexibility index (Phi) is 3.15. The van der Waals surface area contributed by atoms with E-state index >= 15 is 0 Å². The molecule has 0 radical (unpaired) electrons. The molecule has 0 atom stereocenters. The fourth-order valence-corrected chi connectivity index (χ4v) is 3.27. The molecule has 0 bridgehead atoms. The second-order valence-electron chi connectivity index (χ2n) is 5.85. The maximum Gasteiger partial charge on any atom is 0.277 e. The van der Waals surface area contributed by atoms with Gasteiger partial charge in [-0.1, -0.05) is 24.3 Å². The number of hydrogen-bond acceptors (Lipinski definition) is 4. The Balaban J connectivity index is 2.03. The van der Waals surface area contributed by atoms with Gasteiger partial charge in [0.1, 0.15) is 0 Å². The van der Waals surface area contributed by atoms with Crippen LogP contribution in [0, 0.1) is 17.0 Å². The minimum atomic E-state index is -0.508. The molecule has 1 heterocycles. The van der Waals surface area contributed by atoms with Gasteiger partial charge in [-0.3, -0.25) is 19.7 Å². The summed E-state index contributed by atoms with van der Waals surface area (Å²) in [5.41, 5.74) is 1.77. The summed E-state index contributed by atoms with van der Waals surface area (Å²) < 4.78 is 0. The van der Waals surface area contributed by atoms with E-state index in [1.54, 1.807) is 30.3 Å². The van der Waals surface area contributed by atoms with Crippen LogP contribution in [0.5, 0.6) is 0 Å². The number of nitrogens with zero attached hydrogens (tertiary/aromatic N) is 2. The lowest BCUT2D eigenvalue weighted by atomic mass is 9.92. The van der Waals surface area contributed by atoms with E-state index in [9.17, 15) is 19.7 Å². The molecule has 0 saturated carbocycles. The van der Waals surface area contributed by atoms with Crippen LogP contribution in [0.4, 0.5) is 11.4 Å². The van der Waals surface area contributed by atoms with Crippen molar-refractivity contribution in [1.82, 2.24) is 0 Å². The standard InChI is InChI=1S/C19H12N2O4/c1-11-5-2-3-8-15(11)20-18(22)13-7-4-6-12-16(21(24)25)10-9-14(17(12)13)19(20)23/h2-10H,1H3. The second-order valence-corrected chi connectivity index (χ2v) is 5.85. The van der Waals surface area contributed by atoms with Gasteiger partial charge >= 0.3 is 0 Å². The zero-order valence-electron chi connectivity index (χ0n) is 13.2. The molecule has 1 aliphatic heterocycles. The van der Waals surface area contributed by atoms with Crippen LogP contribution in [0.2, 0.25) is 0 Å². The number of benzene rings is 3. The quantitative estimate of drug-likeness (QED) is 0.405. The van der Waals surface area contributed by atoms with Crippen LogP contribution in [0.15, 0.2) is 54.6 Å². The first-order chi connectivity index (χ1) is 12.0. The molecule has 6 nitrogen and oxygen atoms in total. The number of imide groups is 1. The SMILES string of the molecule is Cc1ccccc1N1C(=O)c2cccc3c([N+](=O)[O-])ccc(c23)C1=O. The number of anilines is 1. The highest BCUT2D eigenvalue weighted by atomic mass is 16.6. The third-order valence-electron chi connectivity index (χ3n) is 4.44. The normalized spacial score (nSPS) is 13.4. The van der Waals surface area contributed by atoms with E-state index in [0.717, 1.165) is 10.5 Å². The number of nitro groups is 1. The molecule has 0 saturated heterocycles.